The number of benzene rings is 8. The van der Waals surface area contributed by atoms with Crippen LogP contribution in [0, 0.1) is 0 Å². The summed E-state index contributed by atoms with van der Waals surface area (Å²) in [6, 6.07) is 59.2. The lowest BCUT2D eigenvalue weighted by atomic mass is 9.85. The maximum Gasteiger partial charge on any atom is 0.416 e. The van der Waals surface area contributed by atoms with Gasteiger partial charge < -0.3 is 9.13 Å². The molecule has 0 saturated heterocycles. The Kier molecular flexibility index (Phi) is 11.9. The van der Waals surface area contributed by atoms with Gasteiger partial charge in [0.15, 0.2) is 5.82 Å². The van der Waals surface area contributed by atoms with Crippen LogP contribution in [0.2, 0.25) is 0 Å². The molecule has 0 amide bonds. The molecule has 0 bridgehead atoms. The van der Waals surface area contributed by atoms with E-state index in [0.29, 0.717) is 22.8 Å². The first-order valence-corrected chi connectivity index (χ1v) is 26.4. The van der Waals surface area contributed by atoms with Crippen molar-refractivity contribution in [3.63, 3.8) is 0 Å². The van der Waals surface area contributed by atoms with Gasteiger partial charge in [-0.2, -0.15) is 13.2 Å². The van der Waals surface area contributed by atoms with E-state index >= 15 is 13.2 Å². The monoisotopic (exact) mass is 1010 g/mol. The van der Waals surface area contributed by atoms with Crippen LogP contribution in [0.1, 0.15) is 111 Å². The SMILES string of the molecule is CC(C)(C)c1ccc2c(c1)c1cc(C(C)(C)C)ccc1n2-c1cc(-c2cc(-c3ccccc3)nc(-c3ccccc3)n2)ccc1-c1ccc(C(F)(F)F)cc1-n1c2ccc(C(C)(C)C)cc2c2cc(C(C)(C)C)ccc21. The second-order valence-corrected chi connectivity index (χ2v) is 24.8. The number of fused-ring (bicyclic) bond motifs is 6. The van der Waals surface area contributed by atoms with Crippen LogP contribution in [0.4, 0.5) is 13.2 Å². The van der Waals surface area contributed by atoms with E-state index in [-0.39, 0.29) is 21.7 Å². The van der Waals surface area contributed by atoms with Gasteiger partial charge in [-0.1, -0.05) is 186 Å². The molecular weight excluding hydrogens is 942 g/mol. The summed E-state index contributed by atoms with van der Waals surface area (Å²) < 4.78 is 50.4. The van der Waals surface area contributed by atoms with E-state index in [4.69, 9.17) is 9.97 Å². The van der Waals surface area contributed by atoms with Gasteiger partial charge in [-0.15, -0.1) is 0 Å². The van der Waals surface area contributed by atoms with E-state index in [0.717, 1.165) is 88.4 Å². The summed E-state index contributed by atoms with van der Waals surface area (Å²) >= 11 is 0. The Morgan fingerprint density at radius 3 is 1.04 bits per heavy atom. The minimum atomic E-state index is -4.61. The third-order valence-electron chi connectivity index (χ3n) is 15.2. The number of alkyl halides is 3. The van der Waals surface area contributed by atoms with Crippen molar-refractivity contribution in [2.75, 3.05) is 0 Å². The summed E-state index contributed by atoms with van der Waals surface area (Å²) in [5.41, 5.74) is 13.8. The highest BCUT2D eigenvalue weighted by Crippen LogP contribution is 2.46. The minimum Gasteiger partial charge on any atom is -0.309 e. The Hall–Kier alpha value is -7.77. The zero-order chi connectivity index (χ0) is 53.9. The maximum atomic E-state index is 15.3. The second kappa shape index (κ2) is 17.9. The maximum absolute atomic E-state index is 15.3. The quantitative estimate of drug-likeness (QED) is 0.166. The van der Waals surface area contributed by atoms with Crippen LogP contribution >= 0.6 is 0 Å². The first kappa shape index (κ1) is 50.4. The molecule has 0 aliphatic carbocycles. The molecule has 382 valence electrons. The molecule has 11 aromatic rings. The van der Waals surface area contributed by atoms with Crippen LogP contribution in [0.25, 0.3) is 100 Å². The molecule has 3 aromatic heterocycles. The molecule has 0 unspecified atom stereocenters. The summed E-state index contributed by atoms with van der Waals surface area (Å²) in [7, 11) is 0. The van der Waals surface area contributed by atoms with Gasteiger partial charge in [0.1, 0.15) is 0 Å². The molecule has 0 fully saturated rings. The van der Waals surface area contributed by atoms with Crippen molar-refractivity contribution in [1.29, 1.82) is 0 Å². The predicted octanol–water partition coefficient (Wildman–Crippen LogP) is 19.5. The minimum absolute atomic E-state index is 0.131. The third-order valence-corrected chi connectivity index (χ3v) is 15.2. The Morgan fingerprint density at radius 2 is 0.658 bits per heavy atom. The van der Waals surface area contributed by atoms with Crippen molar-refractivity contribution in [1.82, 2.24) is 19.1 Å². The Morgan fingerprint density at radius 1 is 0.316 bits per heavy atom. The molecule has 0 N–H and O–H groups in total. The van der Waals surface area contributed by atoms with Crippen molar-refractivity contribution in [3.8, 4) is 56.4 Å². The van der Waals surface area contributed by atoms with Gasteiger partial charge in [-0.25, -0.2) is 9.97 Å². The van der Waals surface area contributed by atoms with E-state index < -0.39 is 11.7 Å². The average Bonchev–Trinajstić information content (AvgIpc) is 3.90. The van der Waals surface area contributed by atoms with Gasteiger partial charge in [0.2, 0.25) is 0 Å². The summed E-state index contributed by atoms with van der Waals surface area (Å²) in [4.78, 5) is 10.4. The normalized spacial score (nSPS) is 12.9. The van der Waals surface area contributed by atoms with E-state index in [1.807, 2.05) is 54.6 Å². The second-order valence-electron chi connectivity index (χ2n) is 24.8. The third kappa shape index (κ3) is 9.07. The molecular formula is C69H65F3N4. The molecule has 76 heavy (non-hydrogen) atoms. The number of hydrogen-bond donors (Lipinski definition) is 0. The van der Waals surface area contributed by atoms with Gasteiger partial charge in [0, 0.05) is 49.4 Å². The molecule has 0 spiro atoms. The fourth-order valence-corrected chi connectivity index (χ4v) is 10.7. The van der Waals surface area contributed by atoms with Gasteiger partial charge >= 0.3 is 6.18 Å². The van der Waals surface area contributed by atoms with Gasteiger partial charge in [0.05, 0.1) is 50.4 Å². The summed E-state index contributed by atoms with van der Waals surface area (Å²) in [6.45, 7) is 26.6. The lowest BCUT2D eigenvalue weighted by Crippen LogP contribution is -2.11. The summed E-state index contributed by atoms with van der Waals surface area (Å²) in [5.74, 6) is 0.587. The van der Waals surface area contributed by atoms with E-state index in [1.54, 1.807) is 6.07 Å². The Bertz CT molecular complexity index is 3850. The molecule has 7 heteroatoms. The number of aromatic nitrogens is 4. The lowest BCUT2D eigenvalue weighted by Gasteiger charge is -2.22. The van der Waals surface area contributed by atoms with E-state index in [9.17, 15) is 0 Å². The first-order valence-electron chi connectivity index (χ1n) is 26.4. The molecule has 0 aliphatic rings. The highest BCUT2D eigenvalue weighted by atomic mass is 19.4. The largest absolute Gasteiger partial charge is 0.416 e. The number of hydrogen-bond acceptors (Lipinski definition) is 2. The van der Waals surface area contributed by atoms with Crippen LogP contribution in [-0.4, -0.2) is 19.1 Å². The first-order chi connectivity index (χ1) is 35.8. The summed E-state index contributed by atoms with van der Waals surface area (Å²) in [6.07, 6.45) is -4.61. The van der Waals surface area contributed by atoms with Crippen LogP contribution in [0.5, 0.6) is 0 Å². The molecule has 4 nitrogen and oxygen atoms in total. The fourth-order valence-electron chi connectivity index (χ4n) is 10.7. The number of rotatable bonds is 6. The van der Waals surface area contributed by atoms with Crippen molar-refractivity contribution >= 4 is 43.6 Å². The van der Waals surface area contributed by atoms with Gasteiger partial charge in [-0.3, -0.25) is 0 Å². The highest BCUT2D eigenvalue weighted by molar-refractivity contribution is 6.12. The zero-order valence-electron chi connectivity index (χ0n) is 45.7. The Labute approximate surface area is 444 Å². The molecule has 8 aromatic carbocycles. The summed E-state index contributed by atoms with van der Waals surface area (Å²) in [5, 5.41) is 4.19. The van der Waals surface area contributed by atoms with Crippen LogP contribution in [-0.2, 0) is 27.8 Å². The zero-order valence-corrected chi connectivity index (χ0v) is 45.7. The number of halogens is 3. The highest BCUT2D eigenvalue weighted by Gasteiger charge is 2.33. The van der Waals surface area contributed by atoms with Crippen molar-refractivity contribution in [2.45, 2.75) is 111 Å². The standard InChI is InChI=1S/C69H65F3N4/c1-65(2,3)45-25-31-58-52(36-45)53-37-46(66(4,5)6)26-32-59(53)75(58)62-35-44(57-41-56(42-19-15-13-16-20-42)73-64(74-57)43-21-17-14-18-22-43)23-29-50(62)51-30-24-49(69(70,71)72)40-63(51)76-60-33-27-47(67(7,8)9)38-54(60)55-39-48(68(10,11)12)28-34-61(55)76/h13-41H,1-12H3. The molecule has 0 radical (unpaired) electrons. The van der Waals surface area contributed by atoms with Crippen LogP contribution in [0.15, 0.2) is 176 Å². The van der Waals surface area contributed by atoms with Gasteiger partial charge in [-0.05, 0) is 117 Å². The average molecular weight is 1010 g/mol. The number of nitrogens with zero attached hydrogens (tertiary/aromatic N) is 4. The van der Waals surface area contributed by atoms with E-state index in [1.165, 1.54) is 23.3 Å². The molecule has 0 aliphatic heterocycles. The smallest absolute Gasteiger partial charge is 0.309 e. The van der Waals surface area contributed by atoms with Crippen LogP contribution in [0.3, 0.4) is 0 Å². The molecule has 3 heterocycles. The Balaban J connectivity index is 1.28. The van der Waals surface area contributed by atoms with Crippen molar-refractivity contribution in [2.24, 2.45) is 0 Å². The molecule has 11 rings (SSSR count). The van der Waals surface area contributed by atoms with Gasteiger partial charge in [0.25, 0.3) is 0 Å². The topological polar surface area (TPSA) is 35.6 Å². The molecule has 0 atom stereocenters. The van der Waals surface area contributed by atoms with Crippen LogP contribution < -0.4 is 0 Å². The molecule has 0 saturated carbocycles. The lowest BCUT2D eigenvalue weighted by molar-refractivity contribution is -0.137. The fraction of sp³-hybridized carbons (Fsp3) is 0.246. The van der Waals surface area contributed by atoms with Crippen molar-refractivity contribution in [3.05, 3.63) is 204 Å². The predicted molar refractivity (Wildman–Crippen MR) is 312 cm³/mol. The van der Waals surface area contributed by atoms with Crippen molar-refractivity contribution < 1.29 is 13.2 Å². The van der Waals surface area contributed by atoms with E-state index in [2.05, 4.69) is 195 Å².